The van der Waals surface area contributed by atoms with E-state index in [1.54, 1.807) is 12.1 Å². The molecule has 0 aliphatic carbocycles. The van der Waals surface area contributed by atoms with Crippen LogP contribution in [-0.2, 0) is 0 Å². The molecule has 3 nitrogen and oxygen atoms in total. The molecule has 66 valence electrons. The minimum Gasteiger partial charge on any atom is -0.411 e. The quantitative estimate of drug-likeness (QED) is 0.410. The number of H-pyrrole nitrogens is 1. The highest BCUT2D eigenvalue weighted by atomic mass is 16.1. The van der Waals surface area contributed by atoms with Gasteiger partial charge in [-0.15, -0.1) is 0 Å². The lowest BCUT2D eigenvalue weighted by atomic mass is 10.2. The number of para-hydroxylation sites is 1. The van der Waals surface area contributed by atoms with Gasteiger partial charge in [0, 0.05) is 10.9 Å². The minimum absolute atomic E-state index is 0.0319. The Kier molecular flexibility index (Phi) is 1.27. The highest BCUT2D eigenvalue weighted by Gasteiger charge is 2.02. The van der Waals surface area contributed by atoms with Gasteiger partial charge in [-0.25, -0.2) is 4.67 Å². The Bertz CT molecular complexity index is 734. The van der Waals surface area contributed by atoms with Crippen LogP contribution < -0.4 is 20.8 Å². The topological polar surface area (TPSA) is 47.0 Å². The zero-order chi connectivity index (χ0) is 9.54. The van der Waals surface area contributed by atoms with Gasteiger partial charge in [0.15, 0.2) is 0 Å². The fourth-order valence-corrected chi connectivity index (χ4v) is 1.62. The van der Waals surface area contributed by atoms with Crippen molar-refractivity contribution in [1.82, 2.24) is 9.65 Å². The molecule has 2 heterocycles. The summed E-state index contributed by atoms with van der Waals surface area (Å²) in [4.78, 5) is 15.0. The molecule has 3 heteroatoms. The van der Waals surface area contributed by atoms with Crippen molar-refractivity contribution in [2.24, 2.45) is 0 Å². The van der Waals surface area contributed by atoms with Crippen LogP contribution in [0.15, 0.2) is 29.1 Å². The first-order chi connectivity index (χ1) is 6.86. The monoisotopic (exact) mass is 182 g/mol. The van der Waals surface area contributed by atoms with Gasteiger partial charge in [0.2, 0.25) is 10.8 Å². The molecule has 0 atom stereocenters. The second-order valence-corrected chi connectivity index (χ2v) is 3.15. The Morgan fingerprint density at radius 2 is 2.14 bits per heavy atom. The summed E-state index contributed by atoms with van der Waals surface area (Å²) in [7, 11) is 0. The number of pyridine rings is 1. The molecule has 0 amide bonds. The van der Waals surface area contributed by atoms with E-state index in [9.17, 15) is 4.79 Å². The number of hydrogen-bond acceptors (Lipinski definition) is 1. The molecule has 0 fully saturated rings. The van der Waals surface area contributed by atoms with E-state index in [1.807, 2.05) is 18.2 Å². The zero-order valence-corrected chi connectivity index (χ0v) is 7.24. The standard InChI is InChI=1S/C11H6N2O/c14-11-7-3-1-2-4-8(7)13-9-5-6-12-10(9)11/h1-5,13H. The van der Waals surface area contributed by atoms with Gasteiger partial charge in [-0.1, -0.05) is 18.2 Å². The van der Waals surface area contributed by atoms with Gasteiger partial charge in [-0.2, -0.15) is 0 Å². The van der Waals surface area contributed by atoms with Gasteiger partial charge in [0.1, 0.15) is 0 Å². The molecule has 0 spiro atoms. The van der Waals surface area contributed by atoms with Crippen molar-refractivity contribution in [1.29, 1.82) is 0 Å². The largest absolute Gasteiger partial charge is 0.411 e. The van der Waals surface area contributed by atoms with Crippen LogP contribution in [0.2, 0.25) is 0 Å². The molecule has 0 radical (unpaired) electrons. The number of rotatable bonds is 0. The molecule has 0 bridgehead atoms. The second-order valence-electron chi connectivity index (χ2n) is 3.15. The third-order valence-electron chi connectivity index (χ3n) is 2.30. The third-order valence-corrected chi connectivity index (χ3v) is 2.30. The number of nitrogens with one attached hydrogen (secondary N) is 1. The first kappa shape index (κ1) is 7.30. The van der Waals surface area contributed by atoms with Crippen LogP contribution in [0.4, 0.5) is 0 Å². The van der Waals surface area contributed by atoms with Crippen LogP contribution in [0.1, 0.15) is 0 Å². The fraction of sp³-hybridized carbons (Fsp3) is 0. The van der Waals surface area contributed by atoms with Crippen molar-refractivity contribution in [2.75, 3.05) is 0 Å². The molecule has 1 aromatic carbocycles. The number of benzene rings is 1. The Labute approximate surface area is 78.8 Å². The van der Waals surface area contributed by atoms with Crippen molar-refractivity contribution < 1.29 is 0 Å². The number of aromatic amines is 1. The van der Waals surface area contributed by atoms with Gasteiger partial charge in [0.05, 0.1) is 0 Å². The van der Waals surface area contributed by atoms with E-state index in [4.69, 9.17) is 0 Å². The molecule has 0 saturated heterocycles. The Hall–Kier alpha value is -2.12. The van der Waals surface area contributed by atoms with E-state index >= 15 is 0 Å². The van der Waals surface area contributed by atoms with E-state index < -0.39 is 0 Å². The normalized spacial score (nSPS) is 12.3. The highest BCUT2D eigenvalue weighted by Crippen LogP contribution is 2.01. The molecule has 1 aliphatic rings. The highest BCUT2D eigenvalue weighted by molar-refractivity contribution is 5.91. The summed E-state index contributed by atoms with van der Waals surface area (Å²) in [6.45, 7) is 0. The van der Waals surface area contributed by atoms with Crippen molar-refractivity contribution in [2.45, 2.75) is 0 Å². The summed E-state index contributed by atoms with van der Waals surface area (Å²) in [5.74, 6) is 0. The Balaban J connectivity index is 2.77. The molecular formula is C11H6N2O. The molecule has 14 heavy (non-hydrogen) atoms. The zero-order valence-electron chi connectivity index (χ0n) is 7.24. The summed E-state index contributed by atoms with van der Waals surface area (Å²) >= 11 is 0. The van der Waals surface area contributed by atoms with Gasteiger partial charge in [-0.3, -0.25) is 4.79 Å². The van der Waals surface area contributed by atoms with Crippen molar-refractivity contribution >= 4 is 23.2 Å². The lowest BCUT2D eigenvalue weighted by molar-refractivity contribution is 1.20. The number of fused-ring (bicyclic) bond motifs is 2. The van der Waals surface area contributed by atoms with Gasteiger partial charge in [-0.05, 0) is 17.5 Å². The Morgan fingerprint density at radius 1 is 1.29 bits per heavy atom. The fourth-order valence-electron chi connectivity index (χ4n) is 1.62. The predicted octanol–water partition coefficient (Wildman–Crippen LogP) is -1.04. The second kappa shape index (κ2) is 2.44. The minimum atomic E-state index is -0.0319. The molecule has 2 aromatic rings. The van der Waals surface area contributed by atoms with E-state index in [0.717, 1.165) is 10.9 Å². The van der Waals surface area contributed by atoms with Crippen LogP contribution in [0.3, 0.4) is 0 Å². The lowest BCUT2D eigenvalue weighted by Crippen LogP contribution is -2.41. The van der Waals surface area contributed by atoms with E-state index in [1.165, 1.54) is 0 Å². The first-order valence-electron chi connectivity index (χ1n) is 4.31. The van der Waals surface area contributed by atoms with Gasteiger partial charge in [0.25, 0.3) is 6.21 Å². The summed E-state index contributed by atoms with van der Waals surface area (Å²) in [6, 6.07) is 7.41. The average Bonchev–Trinajstić information content (AvgIpc) is 2.66. The summed E-state index contributed by atoms with van der Waals surface area (Å²) in [5, 5.41) is 1.88. The van der Waals surface area contributed by atoms with E-state index in [-0.39, 0.29) is 5.43 Å². The molecule has 0 saturated carbocycles. The average molecular weight is 182 g/mol. The maximum Gasteiger partial charge on any atom is 0.250 e. The third kappa shape index (κ3) is 0.817. The van der Waals surface area contributed by atoms with Gasteiger partial charge >= 0.3 is 0 Å². The molecule has 1 aliphatic heterocycles. The van der Waals surface area contributed by atoms with Crippen molar-refractivity contribution in [3.8, 4) is 0 Å². The van der Waals surface area contributed by atoms with Crippen LogP contribution in [-0.4, -0.2) is 11.2 Å². The SMILES string of the molecule is O=c1c2c([nH]c3ccccc13)=C[C-]=[N+]=2. The smallest absolute Gasteiger partial charge is 0.250 e. The maximum absolute atomic E-state index is 11.8. The lowest BCUT2D eigenvalue weighted by Gasteiger charge is -1.96. The van der Waals surface area contributed by atoms with Crippen molar-refractivity contribution in [3.05, 3.63) is 45.2 Å². The van der Waals surface area contributed by atoms with Crippen LogP contribution in [0.25, 0.3) is 17.0 Å². The van der Waals surface area contributed by atoms with E-state index in [2.05, 4.69) is 15.9 Å². The van der Waals surface area contributed by atoms with Crippen molar-refractivity contribution in [3.63, 3.8) is 0 Å². The van der Waals surface area contributed by atoms with Crippen LogP contribution in [0.5, 0.6) is 0 Å². The predicted molar refractivity (Wildman–Crippen MR) is 54.5 cm³/mol. The summed E-state index contributed by atoms with van der Waals surface area (Å²) in [5.41, 5.74) is 0.807. The number of nitrogens with zero attached hydrogens (tertiary/aromatic N) is 1. The number of hydrogen-bond donors (Lipinski definition) is 1. The summed E-state index contributed by atoms with van der Waals surface area (Å²) < 4.78 is 3.90. The molecule has 1 N–H and O–H groups in total. The first-order valence-corrected chi connectivity index (χ1v) is 4.31. The van der Waals surface area contributed by atoms with Crippen LogP contribution in [0, 0.1) is 0 Å². The molecule has 3 rings (SSSR count). The summed E-state index contributed by atoms with van der Waals surface area (Å²) in [6.07, 6.45) is 4.36. The Morgan fingerprint density at radius 3 is 3.07 bits per heavy atom. The maximum atomic E-state index is 11.8. The van der Waals surface area contributed by atoms with E-state index in [0.29, 0.717) is 10.7 Å². The molecule has 1 aromatic heterocycles. The molecule has 0 unspecified atom stereocenters. The van der Waals surface area contributed by atoms with Crippen LogP contribution >= 0.6 is 0 Å². The molecular weight excluding hydrogens is 176 g/mol. The van der Waals surface area contributed by atoms with Gasteiger partial charge < -0.3 is 4.98 Å². The number of aromatic nitrogens is 1.